The van der Waals surface area contributed by atoms with Crippen molar-refractivity contribution in [1.29, 1.82) is 0 Å². The fourth-order valence-corrected chi connectivity index (χ4v) is 2.19. The van der Waals surface area contributed by atoms with Crippen LogP contribution in [0.3, 0.4) is 0 Å². The van der Waals surface area contributed by atoms with Crippen LogP contribution in [0.4, 0.5) is 5.69 Å². The number of hydrogen-bond acceptors (Lipinski definition) is 3. The Morgan fingerprint density at radius 2 is 2.12 bits per heavy atom. The van der Waals surface area contributed by atoms with Crippen molar-refractivity contribution in [2.45, 2.75) is 32.4 Å². The second-order valence-electron chi connectivity index (χ2n) is 4.39. The van der Waals surface area contributed by atoms with Crippen LogP contribution in [0.25, 0.3) is 0 Å². The molecular weight excluding hydrogens is 204 g/mol. The van der Waals surface area contributed by atoms with E-state index in [-0.39, 0.29) is 10.6 Å². The molecule has 4 nitrogen and oxygen atoms in total. The SMILES string of the molecule is CC1CCCN1Cc1ccc([N+](=O)[O-])cc1. The average molecular weight is 220 g/mol. The average Bonchev–Trinajstić information content (AvgIpc) is 2.65. The van der Waals surface area contributed by atoms with Crippen LogP contribution in [-0.2, 0) is 6.54 Å². The van der Waals surface area contributed by atoms with Crippen molar-refractivity contribution in [3.8, 4) is 0 Å². The molecule has 0 radical (unpaired) electrons. The summed E-state index contributed by atoms with van der Waals surface area (Å²) >= 11 is 0. The van der Waals surface area contributed by atoms with E-state index in [0.717, 1.165) is 18.7 Å². The van der Waals surface area contributed by atoms with Gasteiger partial charge in [0.05, 0.1) is 4.92 Å². The van der Waals surface area contributed by atoms with Crippen LogP contribution >= 0.6 is 0 Å². The Labute approximate surface area is 95.0 Å². The molecule has 0 N–H and O–H groups in total. The molecule has 1 unspecified atom stereocenters. The standard InChI is InChI=1S/C12H16N2O2/c1-10-3-2-8-13(10)9-11-4-6-12(7-5-11)14(15)16/h4-7,10H,2-3,8-9H2,1H3. The fraction of sp³-hybridized carbons (Fsp3) is 0.500. The lowest BCUT2D eigenvalue weighted by Gasteiger charge is -2.20. The zero-order chi connectivity index (χ0) is 11.5. The Kier molecular flexibility index (Phi) is 3.19. The molecule has 86 valence electrons. The summed E-state index contributed by atoms with van der Waals surface area (Å²) in [6, 6.07) is 7.49. The van der Waals surface area contributed by atoms with E-state index in [1.807, 2.05) is 12.1 Å². The molecule has 1 aliphatic rings. The normalized spacial score (nSPS) is 21.2. The lowest BCUT2D eigenvalue weighted by Crippen LogP contribution is -2.26. The van der Waals surface area contributed by atoms with Crippen molar-refractivity contribution in [2.24, 2.45) is 0 Å². The summed E-state index contributed by atoms with van der Waals surface area (Å²) in [5.41, 5.74) is 1.32. The van der Waals surface area contributed by atoms with E-state index in [0.29, 0.717) is 6.04 Å². The van der Waals surface area contributed by atoms with Gasteiger partial charge in [0.2, 0.25) is 0 Å². The number of likely N-dealkylation sites (tertiary alicyclic amines) is 1. The molecule has 1 heterocycles. The van der Waals surface area contributed by atoms with Gasteiger partial charge in [-0.1, -0.05) is 12.1 Å². The Balaban J connectivity index is 2.02. The number of nitro benzene ring substituents is 1. The summed E-state index contributed by atoms with van der Waals surface area (Å²) < 4.78 is 0. The molecule has 0 aliphatic carbocycles. The van der Waals surface area contributed by atoms with Gasteiger partial charge in [-0.25, -0.2) is 0 Å². The Morgan fingerprint density at radius 3 is 2.62 bits per heavy atom. The van der Waals surface area contributed by atoms with Gasteiger partial charge in [-0.2, -0.15) is 0 Å². The zero-order valence-corrected chi connectivity index (χ0v) is 9.43. The van der Waals surface area contributed by atoms with Crippen LogP contribution < -0.4 is 0 Å². The summed E-state index contributed by atoms with van der Waals surface area (Å²) in [4.78, 5) is 12.6. The van der Waals surface area contributed by atoms with Crippen LogP contribution in [0.1, 0.15) is 25.3 Å². The van der Waals surface area contributed by atoms with Gasteiger partial charge in [0.25, 0.3) is 5.69 Å². The molecule has 1 saturated heterocycles. The molecule has 1 aliphatic heterocycles. The van der Waals surface area contributed by atoms with Crippen molar-refractivity contribution < 1.29 is 4.92 Å². The van der Waals surface area contributed by atoms with E-state index in [1.54, 1.807) is 12.1 Å². The molecule has 1 fully saturated rings. The molecule has 0 spiro atoms. The maximum atomic E-state index is 10.5. The monoisotopic (exact) mass is 220 g/mol. The Morgan fingerprint density at radius 1 is 1.44 bits per heavy atom. The second kappa shape index (κ2) is 4.61. The minimum Gasteiger partial charge on any atom is -0.296 e. The highest BCUT2D eigenvalue weighted by atomic mass is 16.6. The molecule has 0 amide bonds. The van der Waals surface area contributed by atoms with Gasteiger partial charge in [0.1, 0.15) is 0 Å². The predicted octanol–water partition coefficient (Wildman–Crippen LogP) is 2.58. The van der Waals surface area contributed by atoms with Gasteiger partial charge in [-0.15, -0.1) is 0 Å². The van der Waals surface area contributed by atoms with Gasteiger partial charge >= 0.3 is 0 Å². The molecule has 1 aromatic rings. The minimum atomic E-state index is -0.359. The quantitative estimate of drug-likeness (QED) is 0.581. The lowest BCUT2D eigenvalue weighted by atomic mass is 10.2. The molecule has 4 heteroatoms. The maximum Gasteiger partial charge on any atom is 0.269 e. The van der Waals surface area contributed by atoms with E-state index >= 15 is 0 Å². The molecule has 0 saturated carbocycles. The second-order valence-corrected chi connectivity index (χ2v) is 4.39. The Hall–Kier alpha value is -1.42. The summed E-state index contributed by atoms with van der Waals surface area (Å²) in [5.74, 6) is 0. The first-order chi connectivity index (χ1) is 7.66. The van der Waals surface area contributed by atoms with Crippen molar-refractivity contribution in [3.05, 3.63) is 39.9 Å². The molecular formula is C12H16N2O2. The molecule has 0 bridgehead atoms. The largest absolute Gasteiger partial charge is 0.296 e. The summed E-state index contributed by atoms with van der Waals surface area (Å²) in [5, 5.41) is 10.5. The number of hydrogen-bond donors (Lipinski definition) is 0. The highest BCUT2D eigenvalue weighted by Gasteiger charge is 2.20. The first-order valence-corrected chi connectivity index (χ1v) is 5.64. The van der Waals surface area contributed by atoms with E-state index in [9.17, 15) is 10.1 Å². The number of benzene rings is 1. The molecule has 2 rings (SSSR count). The van der Waals surface area contributed by atoms with Crippen molar-refractivity contribution >= 4 is 5.69 Å². The summed E-state index contributed by atoms with van der Waals surface area (Å²) in [7, 11) is 0. The Bertz CT molecular complexity index is 375. The molecule has 1 atom stereocenters. The fourth-order valence-electron chi connectivity index (χ4n) is 2.19. The summed E-state index contributed by atoms with van der Waals surface area (Å²) in [6.07, 6.45) is 2.52. The first kappa shape index (κ1) is 11.1. The topological polar surface area (TPSA) is 46.4 Å². The van der Waals surface area contributed by atoms with Gasteiger partial charge < -0.3 is 0 Å². The van der Waals surface area contributed by atoms with Crippen molar-refractivity contribution in [3.63, 3.8) is 0 Å². The third-order valence-corrected chi connectivity index (χ3v) is 3.22. The van der Waals surface area contributed by atoms with Gasteiger partial charge in [-0.05, 0) is 31.9 Å². The van der Waals surface area contributed by atoms with Crippen LogP contribution in [0, 0.1) is 10.1 Å². The molecule has 16 heavy (non-hydrogen) atoms. The maximum absolute atomic E-state index is 10.5. The highest BCUT2D eigenvalue weighted by molar-refractivity contribution is 5.32. The van der Waals surface area contributed by atoms with Gasteiger partial charge in [0, 0.05) is 24.7 Å². The molecule has 0 aromatic heterocycles. The van der Waals surface area contributed by atoms with Gasteiger partial charge in [0.15, 0.2) is 0 Å². The van der Waals surface area contributed by atoms with Crippen LogP contribution in [0.2, 0.25) is 0 Å². The van der Waals surface area contributed by atoms with Crippen LogP contribution in [0.5, 0.6) is 0 Å². The smallest absolute Gasteiger partial charge is 0.269 e. The number of non-ortho nitro benzene ring substituents is 1. The van der Waals surface area contributed by atoms with E-state index < -0.39 is 0 Å². The van der Waals surface area contributed by atoms with E-state index in [4.69, 9.17) is 0 Å². The van der Waals surface area contributed by atoms with E-state index in [1.165, 1.54) is 12.8 Å². The summed E-state index contributed by atoms with van der Waals surface area (Å²) in [6.45, 7) is 4.27. The van der Waals surface area contributed by atoms with Crippen LogP contribution in [0.15, 0.2) is 24.3 Å². The number of nitro groups is 1. The number of nitrogens with zero attached hydrogens (tertiary/aromatic N) is 2. The number of rotatable bonds is 3. The van der Waals surface area contributed by atoms with Crippen molar-refractivity contribution in [2.75, 3.05) is 6.54 Å². The van der Waals surface area contributed by atoms with Crippen molar-refractivity contribution in [1.82, 2.24) is 4.90 Å². The minimum absolute atomic E-state index is 0.165. The van der Waals surface area contributed by atoms with E-state index in [2.05, 4.69) is 11.8 Å². The third kappa shape index (κ3) is 2.39. The first-order valence-electron chi connectivity index (χ1n) is 5.64. The van der Waals surface area contributed by atoms with Crippen LogP contribution in [-0.4, -0.2) is 22.4 Å². The van der Waals surface area contributed by atoms with Gasteiger partial charge in [-0.3, -0.25) is 15.0 Å². The highest BCUT2D eigenvalue weighted by Crippen LogP contribution is 2.20. The zero-order valence-electron chi connectivity index (χ0n) is 9.43. The predicted molar refractivity (Wildman–Crippen MR) is 62.2 cm³/mol. The lowest BCUT2D eigenvalue weighted by molar-refractivity contribution is -0.384. The third-order valence-electron chi connectivity index (χ3n) is 3.22. The molecule has 1 aromatic carbocycles.